The topological polar surface area (TPSA) is 50.5 Å². The van der Waals surface area contributed by atoms with Gasteiger partial charge in [-0.25, -0.2) is 0 Å². The van der Waals surface area contributed by atoms with Crippen molar-refractivity contribution in [2.24, 2.45) is 0 Å². The number of furan rings is 1. The molecular weight excluding hydrogens is 474 g/mol. The highest BCUT2D eigenvalue weighted by atomic mass is 32.2. The highest BCUT2D eigenvalue weighted by molar-refractivity contribution is 7.99. The Hall–Kier alpha value is -3.29. The van der Waals surface area contributed by atoms with E-state index in [-0.39, 0.29) is 18.2 Å². The summed E-state index contributed by atoms with van der Waals surface area (Å²) in [6.45, 7) is 6.12. The average Bonchev–Trinajstić information content (AvgIpc) is 3.45. The Morgan fingerprint density at radius 1 is 1.00 bits per heavy atom. The molecule has 35 heavy (non-hydrogen) atoms. The van der Waals surface area contributed by atoms with Crippen LogP contribution in [0, 0.1) is 6.92 Å². The van der Waals surface area contributed by atoms with Crippen LogP contribution in [0.5, 0.6) is 5.75 Å². The monoisotopic (exact) mass is 501 g/mol. The molecule has 2 atom stereocenters. The maximum absolute atomic E-state index is 6.40. The molecule has 3 heterocycles. The van der Waals surface area contributed by atoms with E-state index in [2.05, 4.69) is 46.4 Å². The highest BCUT2D eigenvalue weighted by Gasteiger charge is 2.42. The van der Waals surface area contributed by atoms with Gasteiger partial charge in [0.2, 0.25) is 0 Å². The van der Waals surface area contributed by atoms with Gasteiger partial charge in [-0.15, -0.1) is 0 Å². The predicted octanol–water partition coefficient (Wildman–Crippen LogP) is 7.10. The van der Waals surface area contributed by atoms with Crippen LogP contribution in [-0.2, 0) is 0 Å². The number of rotatable bonds is 7. The lowest BCUT2D eigenvalue weighted by Gasteiger charge is -2.26. The van der Waals surface area contributed by atoms with Crippen molar-refractivity contribution in [1.82, 2.24) is 10.3 Å². The molecule has 2 aromatic heterocycles. The molecule has 0 radical (unpaired) electrons. The Labute approximate surface area is 215 Å². The molecule has 2 unspecified atom stereocenters. The molecule has 0 amide bonds. The van der Waals surface area contributed by atoms with Gasteiger partial charge in [0.15, 0.2) is 10.2 Å². The van der Waals surface area contributed by atoms with Gasteiger partial charge in [0, 0.05) is 16.8 Å². The van der Waals surface area contributed by atoms with Crippen molar-refractivity contribution < 1.29 is 9.15 Å². The van der Waals surface area contributed by atoms with Gasteiger partial charge in [-0.1, -0.05) is 35.5 Å². The minimum absolute atomic E-state index is 0.115. The van der Waals surface area contributed by atoms with Gasteiger partial charge in [-0.3, -0.25) is 4.98 Å². The molecule has 1 saturated heterocycles. The van der Waals surface area contributed by atoms with Crippen LogP contribution in [0.4, 0.5) is 5.69 Å². The Balaban J connectivity index is 1.49. The molecule has 4 aromatic rings. The average molecular weight is 502 g/mol. The lowest BCUT2D eigenvalue weighted by molar-refractivity contribution is 0.242. The van der Waals surface area contributed by atoms with Crippen molar-refractivity contribution in [2.45, 2.75) is 48.9 Å². The molecule has 5 nitrogen and oxygen atoms in total. The summed E-state index contributed by atoms with van der Waals surface area (Å²) in [7, 11) is 0. The molecule has 2 aromatic carbocycles. The summed E-state index contributed by atoms with van der Waals surface area (Å²) >= 11 is 7.42. The minimum Gasteiger partial charge on any atom is -0.491 e. The fourth-order valence-electron chi connectivity index (χ4n) is 4.15. The van der Waals surface area contributed by atoms with Crippen LogP contribution in [0.1, 0.15) is 42.9 Å². The molecule has 5 rings (SSSR count). The second-order valence-electron chi connectivity index (χ2n) is 8.73. The first-order valence-corrected chi connectivity index (χ1v) is 12.8. The van der Waals surface area contributed by atoms with Crippen molar-refractivity contribution in [3.8, 4) is 5.75 Å². The number of hydrogen-bond acceptors (Lipinski definition) is 5. The van der Waals surface area contributed by atoms with Crippen molar-refractivity contribution in [1.29, 1.82) is 0 Å². The van der Waals surface area contributed by atoms with Gasteiger partial charge in [0.05, 0.1) is 17.8 Å². The second kappa shape index (κ2) is 10.1. The largest absolute Gasteiger partial charge is 0.491 e. The maximum atomic E-state index is 6.40. The highest BCUT2D eigenvalue weighted by Crippen LogP contribution is 2.43. The van der Waals surface area contributed by atoms with Crippen LogP contribution >= 0.6 is 24.0 Å². The summed E-state index contributed by atoms with van der Waals surface area (Å²) in [4.78, 5) is 7.85. The number of aromatic nitrogens is 1. The summed E-state index contributed by atoms with van der Waals surface area (Å²) in [6.07, 6.45) is 1.92. The standard InChI is InChI=1S/C28H27N3O2S2/c1-18(2)32-21-11-9-20(10-12-21)31-27(26(30-28(31)34)23-6-4-5-17-29-23)24-15-16-25(33-24)35-22-13-7-19(3)8-14-22/h4-18,26-27H,1-3H3,(H,30,34). The summed E-state index contributed by atoms with van der Waals surface area (Å²) in [5.41, 5.74) is 3.11. The van der Waals surface area contributed by atoms with E-state index in [9.17, 15) is 0 Å². The SMILES string of the molecule is Cc1ccc(Sc2ccc(C3C(c4ccccn4)NC(=S)N3c3ccc(OC(C)C)cc3)o2)cc1. The van der Waals surface area contributed by atoms with Crippen LogP contribution in [0.2, 0.25) is 0 Å². The Morgan fingerprint density at radius 2 is 1.77 bits per heavy atom. The number of thiocarbonyl (C=S) groups is 1. The third-order valence-electron chi connectivity index (χ3n) is 5.72. The molecule has 7 heteroatoms. The van der Waals surface area contributed by atoms with Gasteiger partial charge >= 0.3 is 0 Å². The van der Waals surface area contributed by atoms with Crippen LogP contribution < -0.4 is 15.0 Å². The summed E-state index contributed by atoms with van der Waals surface area (Å²) < 4.78 is 12.2. The smallest absolute Gasteiger partial charge is 0.174 e. The van der Waals surface area contributed by atoms with Crippen LogP contribution in [-0.4, -0.2) is 16.2 Å². The number of anilines is 1. The van der Waals surface area contributed by atoms with Crippen LogP contribution in [0.15, 0.2) is 99.5 Å². The van der Waals surface area contributed by atoms with E-state index in [4.69, 9.17) is 21.4 Å². The molecule has 1 aliphatic rings. The number of ether oxygens (including phenoxy) is 1. The number of aryl methyl sites for hydroxylation is 1. The van der Waals surface area contributed by atoms with E-state index in [1.807, 2.05) is 68.4 Å². The number of pyridine rings is 1. The Morgan fingerprint density at radius 3 is 2.46 bits per heavy atom. The molecule has 1 N–H and O–H groups in total. The Kier molecular flexibility index (Phi) is 6.79. The molecular formula is C28H27N3O2S2. The van der Waals surface area contributed by atoms with Gasteiger partial charge in [0.25, 0.3) is 0 Å². The van der Waals surface area contributed by atoms with Crippen molar-refractivity contribution in [3.63, 3.8) is 0 Å². The zero-order valence-electron chi connectivity index (χ0n) is 19.8. The van der Waals surface area contributed by atoms with E-state index in [1.54, 1.807) is 18.0 Å². The third-order valence-corrected chi connectivity index (χ3v) is 6.96. The fourth-order valence-corrected chi connectivity index (χ4v) is 5.27. The molecule has 0 bridgehead atoms. The van der Waals surface area contributed by atoms with Crippen LogP contribution in [0.25, 0.3) is 0 Å². The summed E-state index contributed by atoms with van der Waals surface area (Å²) in [6, 6.07) is 26.1. The first-order chi connectivity index (χ1) is 17.0. The van der Waals surface area contributed by atoms with E-state index < -0.39 is 0 Å². The molecule has 0 aliphatic carbocycles. The lowest BCUT2D eigenvalue weighted by Crippen LogP contribution is -2.29. The quantitative estimate of drug-likeness (QED) is 0.271. The van der Waals surface area contributed by atoms with Crippen molar-refractivity contribution in [2.75, 3.05) is 4.90 Å². The first-order valence-electron chi connectivity index (χ1n) is 11.6. The zero-order valence-corrected chi connectivity index (χ0v) is 21.5. The number of hydrogen-bond donors (Lipinski definition) is 1. The van der Waals surface area contributed by atoms with Gasteiger partial charge in [0.1, 0.15) is 17.6 Å². The number of nitrogens with zero attached hydrogens (tertiary/aromatic N) is 2. The van der Waals surface area contributed by atoms with E-state index >= 15 is 0 Å². The predicted molar refractivity (Wildman–Crippen MR) is 144 cm³/mol. The molecule has 1 aliphatic heterocycles. The van der Waals surface area contributed by atoms with E-state index in [0.717, 1.165) is 32.9 Å². The minimum atomic E-state index is -0.193. The van der Waals surface area contributed by atoms with Crippen molar-refractivity contribution in [3.05, 3.63) is 102 Å². The summed E-state index contributed by atoms with van der Waals surface area (Å²) in [5, 5.41) is 4.94. The van der Waals surface area contributed by atoms with Crippen molar-refractivity contribution >= 4 is 34.8 Å². The zero-order chi connectivity index (χ0) is 24.4. The maximum Gasteiger partial charge on any atom is 0.174 e. The molecule has 0 saturated carbocycles. The summed E-state index contributed by atoms with van der Waals surface area (Å²) in [5.74, 6) is 1.65. The van der Waals surface area contributed by atoms with Gasteiger partial charge < -0.3 is 19.4 Å². The fraction of sp³-hybridized carbons (Fsp3) is 0.214. The third kappa shape index (κ3) is 5.21. The van der Waals surface area contributed by atoms with Crippen LogP contribution in [0.3, 0.4) is 0 Å². The number of benzene rings is 2. The normalized spacial score (nSPS) is 17.6. The molecule has 1 fully saturated rings. The van der Waals surface area contributed by atoms with E-state index in [0.29, 0.717) is 5.11 Å². The first kappa shape index (κ1) is 23.5. The number of nitrogens with one attached hydrogen (secondary N) is 1. The van der Waals surface area contributed by atoms with Gasteiger partial charge in [-0.05, 0) is 93.7 Å². The van der Waals surface area contributed by atoms with Gasteiger partial charge in [-0.2, -0.15) is 0 Å². The molecule has 178 valence electrons. The van der Waals surface area contributed by atoms with E-state index in [1.165, 1.54) is 5.56 Å². The Bertz CT molecular complexity index is 1290. The lowest BCUT2D eigenvalue weighted by atomic mass is 10.0. The second-order valence-corrected chi connectivity index (χ2v) is 10.2. The molecule has 0 spiro atoms.